The maximum Gasteiger partial charge on any atom is 0.251 e. The number of pyridine rings is 1. The van der Waals surface area contributed by atoms with Crippen LogP contribution in [0.2, 0.25) is 0 Å². The van der Waals surface area contributed by atoms with E-state index in [1.165, 1.54) is 0 Å². The monoisotopic (exact) mass is 354 g/mol. The van der Waals surface area contributed by atoms with Crippen LogP contribution in [0.1, 0.15) is 15.9 Å². The first-order chi connectivity index (χ1) is 12.2. The summed E-state index contributed by atoms with van der Waals surface area (Å²) in [5.41, 5.74) is 3.59. The van der Waals surface area contributed by atoms with Gasteiger partial charge >= 0.3 is 0 Å². The lowest BCUT2D eigenvalue weighted by Crippen LogP contribution is -2.23. The number of rotatable bonds is 6. The summed E-state index contributed by atoms with van der Waals surface area (Å²) < 4.78 is 10.4. The summed E-state index contributed by atoms with van der Waals surface area (Å²) in [5.74, 6) is 0.953. The topological polar surface area (TPSA) is 60.5 Å². The Kier molecular flexibility index (Phi) is 5.30. The molecule has 0 unspecified atom stereocenters. The van der Waals surface area contributed by atoms with Gasteiger partial charge in [-0.25, -0.2) is 0 Å². The lowest BCUT2D eigenvalue weighted by atomic mass is 10.1. The largest absolute Gasteiger partial charge is 0.497 e. The Morgan fingerprint density at radius 1 is 1.08 bits per heavy atom. The number of carbonyl (C=O) groups is 1. The number of hydrogen-bond donors (Lipinski definition) is 1. The molecule has 6 heteroatoms. The van der Waals surface area contributed by atoms with Crippen LogP contribution in [0, 0.1) is 0 Å². The molecule has 0 atom stereocenters. The normalized spacial score (nSPS) is 10.3. The molecule has 1 aromatic carbocycles. The summed E-state index contributed by atoms with van der Waals surface area (Å²) in [6.07, 6.45) is 3.57. The van der Waals surface area contributed by atoms with E-state index in [4.69, 9.17) is 9.47 Å². The van der Waals surface area contributed by atoms with Gasteiger partial charge in [0, 0.05) is 36.1 Å². The highest BCUT2D eigenvalue weighted by atomic mass is 32.1. The van der Waals surface area contributed by atoms with Gasteiger partial charge < -0.3 is 14.8 Å². The zero-order valence-corrected chi connectivity index (χ0v) is 14.8. The van der Waals surface area contributed by atoms with Crippen LogP contribution in [0.25, 0.3) is 11.1 Å². The van der Waals surface area contributed by atoms with Gasteiger partial charge in [0.2, 0.25) is 0 Å². The van der Waals surface area contributed by atoms with Gasteiger partial charge in [0.1, 0.15) is 11.5 Å². The highest BCUT2D eigenvalue weighted by Gasteiger charge is 2.10. The average molecular weight is 354 g/mol. The molecule has 25 heavy (non-hydrogen) atoms. The Morgan fingerprint density at radius 3 is 2.48 bits per heavy atom. The molecule has 2 heterocycles. The van der Waals surface area contributed by atoms with E-state index in [1.807, 2.05) is 23.7 Å². The molecule has 1 amide bonds. The minimum atomic E-state index is -0.196. The Hall–Kier alpha value is -2.86. The molecule has 128 valence electrons. The standard InChI is InChI=1S/C19H18N2O3S/c1-23-17-6-15(7-18(8-17)24-2)19(22)21-10-13-5-16(11-20-9-13)14-3-4-25-12-14/h3-9,11-12H,10H2,1-2H3,(H,21,22). The van der Waals surface area contributed by atoms with E-state index in [-0.39, 0.29) is 5.91 Å². The van der Waals surface area contributed by atoms with E-state index in [1.54, 1.807) is 50.0 Å². The molecule has 2 aromatic heterocycles. The molecule has 0 saturated heterocycles. The summed E-state index contributed by atoms with van der Waals surface area (Å²) in [6, 6.07) is 9.16. The molecule has 1 N–H and O–H groups in total. The third-order valence-electron chi connectivity index (χ3n) is 3.72. The number of methoxy groups -OCH3 is 2. The van der Waals surface area contributed by atoms with Crippen LogP contribution >= 0.6 is 11.3 Å². The molecular formula is C19H18N2O3S. The zero-order valence-electron chi connectivity index (χ0n) is 14.0. The number of nitrogens with one attached hydrogen (secondary N) is 1. The summed E-state index contributed by atoms with van der Waals surface area (Å²) >= 11 is 1.64. The van der Waals surface area contributed by atoms with Crippen molar-refractivity contribution < 1.29 is 14.3 Å². The lowest BCUT2D eigenvalue weighted by Gasteiger charge is -2.10. The Balaban J connectivity index is 1.71. The average Bonchev–Trinajstić information content (AvgIpc) is 3.20. The van der Waals surface area contributed by atoms with Gasteiger partial charge in [0.05, 0.1) is 14.2 Å². The smallest absolute Gasteiger partial charge is 0.251 e. The lowest BCUT2D eigenvalue weighted by molar-refractivity contribution is 0.0950. The zero-order chi connectivity index (χ0) is 17.6. The minimum Gasteiger partial charge on any atom is -0.497 e. The first-order valence-electron chi connectivity index (χ1n) is 7.67. The number of ether oxygens (including phenoxy) is 2. The number of hydrogen-bond acceptors (Lipinski definition) is 5. The number of carbonyl (C=O) groups excluding carboxylic acids is 1. The molecule has 0 fully saturated rings. The van der Waals surface area contributed by atoms with Crippen LogP contribution in [0.4, 0.5) is 0 Å². The van der Waals surface area contributed by atoms with Crippen molar-refractivity contribution >= 4 is 17.2 Å². The van der Waals surface area contributed by atoms with Gasteiger partial charge in [-0.2, -0.15) is 11.3 Å². The third-order valence-corrected chi connectivity index (χ3v) is 4.40. The van der Waals surface area contributed by atoms with E-state index in [9.17, 15) is 4.79 Å². The first kappa shape index (κ1) is 17.0. The molecule has 0 aliphatic rings. The Bertz CT molecular complexity index is 841. The molecule has 5 nitrogen and oxygen atoms in total. The summed E-state index contributed by atoms with van der Waals surface area (Å²) in [5, 5.41) is 7.00. The second-order valence-corrected chi connectivity index (χ2v) is 6.16. The van der Waals surface area contributed by atoms with Crippen molar-refractivity contribution in [2.24, 2.45) is 0 Å². The third kappa shape index (κ3) is 4.16. The summed E-state index contributed by atoms with van der Waals surface area (Å²) in [7, 11) is 3.11. The van der Waals surface area contributed by atoms with Gasteiger partial charge in [-0.15, -0.1) is 0 Å². The molecule has 0 aliphatic carbocycles. The van der Waals surface area contributed by atoms with Crippen LogP contribution in [0.15, 0.2) is 53.5 Å². The predicted molar refractivity (Wildman–Crippen MR) is 98.3 cm³/mol. The van der Waals surface area contributed by atoms with E-state index in [0.717, 1.165) is 16.7 Å². The molecule has 0 spiro atoms. The van der Waals surface area contributed by atoms with Gasteiger partial charge in [-0.3, -0.25) is 9.78 Å². The van der Waals surface area contributed by atoms with Crippen molar-refractivity contribution in [3.8, 4) is 22.6 Å². The van der Waals surface area contributed by atoms with Crippen LogP contribution in [0.5, 0.6) is 11.5 Å². The van der Waals surface area contributed by atoms with Crippen molar-refractivity contribution in [1.29, 1.82) is 0 Å². The maximum absolute atomic E-state index is 12.4. The Labute approximate surface area is 150 Å². The fourth-order valence-corrected chi connectivity index (χ4v) is 3.06. The van der Waals surface area contributed by atoms with Crippen LogP contribution < -0.4 is 14.8 Å². The van der Waals surface area contributed by atoms with E-state index < -0.39 is 0 Å². The predicted octanol–water partition coefficient (Wildman–Crippen LogP) is 3.76. The number of aromatic nitrogens is 1. The summed E-state index contributed by atoms with van der Waals surface area (Å²) in [6.45, 7) is 0.392. The van der Waals surface area contributed by atoms with E-state index >= 15 is 0 Å². The quantitative estimate of drug-likeness (QED) is 0.732. The Morgan fingerprint density at radius 2 is 1.84 bits per heavy atom. The fourth-order valence-electron chi connectivity index (χ4n) is 2.39. The molecule has 0 radical (unpaired) electrons. The highest BCUT2D eigenvalue weighted by Crippen LogP contribution is 2.23. The number of benzene rings is 1. The van der Waals surface area contributed by atoms with Gasteiger partial charge in [-0.05, 0) is 46.2 Å². The van der Waals surface area contributed by atoms with Gasteiger partial charge in [0.25, 0.3) is 5.91 Å². The number of nitrogens with zero attached hydrogens (tertiary/aromatic N) is 1. The molecule has 3 aromatic rings. The number of amides is 1. The van der Waals surface area contributed by atoms with Crippen LogP contribution in [-0.4, -0.2) is 25.1 Å². The second kappa shape index (κ2) is 7.81. The minimum absolute atomic E-state index is 0.196. The van der Waals surface area contributed by atoms with Gasteiger partial charge in [-0.1, -0.05) is 0 Å². The molecule has 3 rings (SSSR count). The van der Waals surface area contributed by atoms with E-state index in [0.29, 0.717) is 23.6 Å². The highest BCUT2D eigenvalue weighted by molar-refractivity contribution is 7.08. The molecule has 0 bridgehead atoms. The van der Waals surface area contributed by atoms with Crippen molar-refractivity contribution in [2.45, 2.75) is 6.54 Å². The first-order valence-corrected chi connectivity index (χ1v) is 8.61. The van der Waals surface area contributed by atoms with Crippen LogP contribution in [0.3, 0.4) is 0 Å². The van der Waals surface area contributed by atoms with Crippen molar-refractivity contribution in [1.82, 2.24) is 10.3 Å². The SMILES string of the molecule is COc1cc(OC)cc(C(=O)NCc2cncc(-c3ccsc3)c2)c1. The van der Waals surface area contributed by atoms with Crippen molar-refractivity contribution in [3.05, 3.63) is 64.6 Å². The van der Waals surface area contributed by atoms with Crippen molar-refractivity contribution in [3.63, 3.8) is 0 Å². The van der Waals surface area contributed by atoms with Crippen molar-refractivity contribution in [2.75, 3.05) is 14.2 Å². The molecular weight excluding hydrogens is 336 g/mol. The van der Waals surface area contributed by atoms with Crippen LogP contribution in [-0.2, 0) is 6.54 Å². The second-order valence-electron chi connectivity index (χ2n) is 5.38. The summed E-state index contributed by atoms with van der Waals surface area (Å²) in [4.78, 5) is 16.7. The molecule has 0 saturated carbocycles. The number of thiophene rings is 1. The maximum atomic E-state index is 12.4. The fraction of sp³-hybridized carbons (Fsp3) is 0.158. The van der Waals surface area contributed by atoms with Gasteiger partial charge in [0.15, 0.2) is 0 Å². The molecule has 0 aliphatic heterocycles. The van der Waals surface area contributed by atoms with E-state index in [2.05, 4.69) is 15.7 Å².